The number of hydrogen-bond donors (Lipinski definition) is 0. The fraction of sp³-hybridized carbons (Fsp3) is 0.167. The summed E-state index contributed by atoms with van der Waals surface area (Å²) in [4.78, 5) is 16.5. The monoisotopic (exact) mass is 256 g/mol. The normalized spacial score (nSPS) is 20.3. The largest absolute Gasteiger partial charge is 0.471 e. The second-order valence-electron chi connectivity index (χ2n) is 2.79. The molecule has 0 amide bonds. The lowest BCUT2D eigenvalue weighted by molar-refractivity contribution is -0.385. The van der Waals surface area contributed by atoms with E-state index in [1.165, 1.54) is 0 Å². The third-order valence-electron chi connectivity index (χ3n) is 1.61. The highest BCUT2D eigenvalue weighted by Gasteiger charge is 2.10. The number of nitro groups is 1. The van der Waals surface area contributed by atoms with E-state index in [4.69, 9.17) is 19.8 Å². The van der Waals surface area contributed by atoms with Gasteiger partial charge in [-0.3, -0.25) is 15.1 Å². The fourth-order valence-electron chi connectivity index (χ4n) is 0.895. The van der Waals surface area contributed by atoms with E-state index in [-0.39, 0.29) is 0 Å². The Morgan fingerprint density at radius 3 is 3.28 bits per heavy atom. The lowest BCUT2D eigenvalue weighted by Crippen LogP contribution is -2.01. The molecule has 0 bridgehead atoms. The molecule has 0 saturated heterocycles. The summed E-state index contributed by atoms with van der Waals surface area (Å²) in [5, 5.41) is 11.0. The van der Waals surface area contributed by atoms with Gasteiger partial charge >= 0.3 is 0 Å². The third kappa shape index (κ3) is 2.79. The van der Waals surface area contributed by atoms with E-state index in [0.29, 0.717) is 0 Å². The summed E-state index contributed by atoms with van der Waals surface area (Å²) in [7, 11) is 0. The van der Waals surface area contributed by atoms with Gasteiger partial charge < -0.3 is 4.74 Å². The van der Waals surface area contributed by atoms with Crippen molar-refractivity contribution in [1.82, 2.24) is 9.97 Å². The molecular weight excluding hydrogens is 234 g/mol. The van der Waals surface area contributed by atoms with Crippen LogP contribution in [-0.2, 0) is 6.56 Å². The van der Waals surface area contributed by atoms with Crippen molar-refractivity contribution in [3.05, 3.63) is 57.9 Å². The lowest BCUT2D eigenvalue weighted by Gasteiger charge is -2.06. The van der Waals surface area contributed by atoms with Gasteiger partial charge in [-0.05, 0) is 18.9 Å². The summed E-state index contributed by atoms with van der Waals surface area (Å²) in [5.41, 5.74) is -3.30. The van der Waals surface area contributed by atoms with Crippen molar-refractivity contribution in [1.29, 1.82) is 0 Å². The van der Waals surface area contributed by atoms with E-state index < -0.39 is 77.7 Å². The Kier molecular flexibility index (Phi) is 1.25. The van der Waals surface area contributed by atoms with E-state index in [1.54, 1.807) is 0 Å². The molecule has 92 valence electrons. The predicted molar refractivity (Wildman–Crippen MR) is 64.2 cm³/mol. The van der Waals surface area contributed by atoms with Gasteiger partial charge in [0.1, 0.15) is 12.7 Å². The minimum absolute atomic E-state index is 0.743. The highest BCUT2D eigenvalue weighted by molar-refractivity contribution is 5.36. The highest BCUT2D eigenvalue weighted by Crippen LogP contribution is 2.20. The van der Waals surface area contributed by atoms with Gasteiger partial charge in [0.15, 0.2) is 0 Å². The van der Waals surface area contributed by atoms with Crippen LogP contribution in [0.25, 0.3) is 0 Å². The van der Waals surface area contributed by atoms with Gasteiger partial charge in [0.2, 0.25) is 5.88 Å². The maximum absolute atomic E-state index is 11.0. The summed E-state index contributed by atoms with van der Waals surface area (Å²) in [6, 6.07) is -3.70. The molecule has 0 aromatic carbocycles. The maximum Gasteiger partial charge on any atom is 0.288 e. The van der Waals surface area contributed by atoms with Crippen LogP contribution in [-0.4, -0.2) is 14.9 Å². The number of pyridine rings is 2. The molecule has 0 fully saturated rings. The van der Waals surface area contributed by atoms with E-state index in [2.05, 4.69) is 9.97 Å². The number of hydrogen-bond acceptors (Lipinski definition) is 5. The molecular formula is C12H11N3O3. The van der Waals surface area contributed by atoms with Gasteiger partial charge in [-0.25, -0.2) is 4.98 Å². The van der Waals surface area contributed by atoms with Crippen LogP contribution in [0.1, 0.15) is 26.3 Å². The highest BCUT2D eigenvalue weighted by atomic mass is 16.6. The SMILES string of the molecule is [2H]c1nc(C([2H])([2H])Oc2nc([2H])c([N+](=O)[O-])c([2H])c2C([2H])([2H])[2H])c([2H])c([2H])c1[2H]. The smallest absolute Gasteiger partial charge is 0.288 e. The summed E-state index contributed by atoms with van der Waals surface area (Å²) in [6.07, 6.45) is -2.00. The second-order valence-corrected chi connectivity index (χ2v) is 2.79. The van der Waals surface area contributed by atoms with Crippen molar-refractivity contribution in [2.45, 2.75) is 13.4 Å². The summed E-state index contributed by atoms with van der Waals surface area (Å²) in [6.45, 7) is -6.39. The number of rotatable bonds is 4. The molecule has 2 aromatic heterocycles. The van der Waals surface area contributed by atoms with Gasteiger partial charge in [0, 0.05) is 21.9 Å². The first kappa shape index (κ1) is 4.31. The number of ether oxygens (including phenoxy) is 1. The van der Waals surface area contributed by atoms with Crippen molar-refractivity contribution in [3.63, 3.8) is 0 Å². The average molecular weight is 256 g/mol. The van der Waals surface area contributed by atoms with Gasteiger partial charge in [-0.1, -0.05) is 6.04 Å². The molecule has 0 aliphatic carbocycles. The molecule has 0 aliphatic heterocycles. The van der Waals surface area contributed by atoms with Gasteiger partial charge in [-0.2, -0.15) is 0 Å². The molecule has 6 nitrogen and oxygen atoms in total. The molecule has 2 rings (SSSR count). The first-order chi connectivity index (χ1) is 13.1. The molecule has 0 N–H and O–H groups in total. The van der Waals surface area contributed by atoms with E-state index in [0.717, 1.165) is 0 Å². The number of aromatic nitrogens is 2. The zero-order chi connectivity index (χ0) is 22.5. The van der Waals surface area contributed by atoms with Crippen LogP contribution in [0.2, 0.25) is 0 Å². The van der Waals surface area contributed by atoms with Crippen LogP contribution in [0.15, 0.2) is 36.5 Å². The van der Waals surface area contributed by atoms with Crippen LogP contribution in [0.3, 0.4) is 0 Å². The molecule has 0 unspecified atom stereocenters. The Balaban J connectivity index is 2.72. The molecule has 0 radical (unpaired) electrons. The molecule has 6 heteroatoms. The van der Waals surface area contributed by atoms with Crippen LogP contribution >= 0.6 is 0 Å². The van der Waals surface area contributed by atoms with Crippen molar-refractivity contribution >= 4 is 5.69 Å². The predicted octanol–water partition coefficient (Wildman–Crippen LogP) is 2.27. The second kappa shape index (κ2) is 5.22. The Morgan fingerprint density at radius 1 is 1.61 bits per heavy atom. The van der Waals surface area contributed by atoms with Crippen molar-refractivity contribution in [2.24, 2.45) is 0 Å². The Morgan fingerprint density at radius 2 is 2.50 bits per heavy atom. The molecule has 0 aliphatic rings. The summed E-state index contributed by atoms with van der Waals surface area (Å²) >= 11 is 0. The standard InChI is InChI=1S/C12H11N3O3/c1-9-6-11(15(16)17)7-14-12(9)18-8-10-4-2-3-5-13-10/h2-7H,8H2,1H3/i1D3,2D,3D,4D,5D,6D,7D,8D2. The zero-order valence-corrected chi connectivity index (χ0v) is 8.57. The van der Waals surface area contributed by atoms with Gasteiger partial charge in [0.05, 0.1) is 21.6 Å². The third-order valence-corrected chi connectivity index (χ3v) is 1.61. The quantitative estimate of drug-likeness (QED) is 0.619. The fourth-order valence-corrected chi connectivity index (χ4v) is 0.895. The van der Waals surface area contributed by atoms with Gasteiger partial charge in [0.25, 0.3) is 5.69 Å². The minimum atomic E-state index is -3.21. The van der Waals surface area contributed by atoms with Crippen LogP contribution in [0, 0.1) is 17.0 Å². The summed E-state index contributed by atoms with van der Waals surface area (Å²) < 4.78 is 88.7. The van der Waals surface area contributed by atoms with Crippen LogP contribution in [0.4, 0.5) is 5.69 Å². The Hall–Kier alpha value is -2.50. The van der Waals surface area contributed by atoms with Crippen LogP contribution in [0.5, 0.6) is 5.88 Å². The molecule has 2 heterocycles. The van der Waals surface area contributed by atoms with E-state index in [1.807, 2.05) is 0 Å². The van der Waals surface area contributed by atoms with Crippen molar-refractivity contribution in [3.8, 4) is 5.88 Å². The Bertz CT molecular complexity index is 1010. The lowest BCUT2D eigenvalue weighted by atomic mass is 10.3. The average Bonchev–Trinajstić information content (AvgIpc) is 2.53. The molecule has 0 spiro atoms. The number of nitrogens with zero attached hydrogens (tertiary/aromatic N) is 3. The van der Waals surface area contributed by atoms with E-state index >= 15 is 0 Å². The topological polar surface area (TPSA) is 78.2 Å². The Labute approximate surface area is 119 Å². The van der Waals surface area contributed by atoms with E-state index in [9.17, 15) is 10.1 Å². The molecule has 0 atom stereocenters. The van der Waals surface area contributed by atoms with Crippen molar-refractivity contribution < 1.29 is 24.7 Å². The summed E-state index contributed by atoms with van der Waals surface area (Å²) in [5.74, 6) is -1.13. The molecule has 2 aromatic rings. The first-order valence-corrected chi connectivity index (χ1v) is 4.39. The van der Waals surface area contributed by atoms with Crippen LogP contribution < -0.4 is 4.74 Å². The minimum Gasteiger partial charge on any atom is -0.471 e. The zero-order valence-electron chi connectivity index (χ0n) is 19.6. The molecule has 18 heavy (non-hydrogen) atoms. The maximum atomic E-state index is 11.0. The van der Waals surface area contributed by atoms with Crippen molar-refractivity contribution in [2.75, 3.05) is 0 Å². The molecule has 0 saturated carbocycles. The first-order valence-electron chi connectivity index (χ1n) is 9.89. The van der Waals surface area contributed by atoms with Gasteiger partial charge in [-0.15, -0.1) is 0 Å².